The normalized spacial score (nSPS) is 10.6. The van der Waals surface area contributed by atoms with E-state index in [1.807, 2.05) is 24.3 Å². The van der Waals surface area contributed by atoms with Crippen LogP contribution < -0.4 is 4.74 Å². The zero-order valence-electron chi connectivity index (χ0n) is 10.00. The first-order chi connectivity index (χ1) is 8.81. The van der Waals surface area contributed by atoms with Gasteiger partial charge in [-0.3, -0.25) is 0 Å². The maximum atomic E-state index is 8.88. The molecule has 0 aliphatic carbocycles. The lowest BCUT2D eigenvalue weighted by Crippen LogP contribution is -1.94. The van der Waals surface area contributed by atoms with E-state index >= 15 is 0 Å². The van der Waals surface area contributed by atoms with Crippen LogP contribution in [-0.2, 0) is 17.8 Å². The molecule has 1 N–H and O–H groups in total. The van der Waals surface area contributed by atoms with Crippen molar-refractivity contribution in [2.75, 3.05) is 13.7 Å². The largest absolute Gasteiger partial charge is 0.430 e. The molecule has 2 aromatic rings. The number of aromatic nitrogens is 2. The Morgan fingerprint density at radius 1 is 1.22 bits per heavy atom. The summed E-state index contributed by atoms with van der Waals surface area (Å²) in [7, 11) is 1.69. The van der Waals surface area contributed by atoms with E-state index in [1.54, 1.807) is 7.11 Å². The number of rotatable bonds is 6. The summed E-state index contributed by atoms with van der Waals surface area (Å²) in [5.74, 6) is 0.705. The van der Waals surface area contributed by atoms with Gasteiger partial charge >= 0.3 is 0 Å². The smallest absolute Gasteiger partial charge is 0.299 e. The Balaban J connectivity index is 1.97. The summed E-state index contributed by atoms with van der Waals surface area (Å²) in [5.41, 5.74) is 1.19. The maximum absolute atomic E-state index is 8.88. The van der Waals surface area contributed by atoms with Gasteiger partial charge in [0.15, 0.2) is 0 Å². The number of methoxy groups -OCH3 is 1. The van der Waals surface area contributed by atoms with E-state index < -0.39 is 0 Å². The van der Waals surface area contributed by atoms with Crippen molar-refractivity contribution in [1.82, 2.24) is 10.2 Å². The maximum Gasteiger partial charge on any atom is 0.299 e. The Morgan fingerprint density at radius 2 is 2.00 bits per heavy atom. The third kappa shape index (κ3) is 3.49. The lowest BCUT2D eigenvalue weighted by atomic mass is 10.1. The number of benzene rings is 1. The third-order valence-corrected chi connectivity index (χ3v) is 3.09. The molecule has 1 aromatic carbocycles. The van der Waals surface area contributed by atoms with Gasteiger partial charge < -0.3 is 14.6 Å². The van der Waals surface area contributed by atoms with Crippen LogP contribution in [0.2, 0.25) is 0 Å². The van der Waals surface area contributed by atoms with Gasteiger partial charge in [-0.1, -0.05) is 28.6 Å². The van der Waals surface area contributed by atoms with E-state index in [0.29, 0.717) is 22.6 Å². The number of ether oxygens (including phenoxy) is 2. The van der Waals surface area contributed by atoms with Crippen molar-refractivity contribution in [3.05, 3.63) is 34.8 Å². The Bertz CT molecular complexity index is 484. The number of aliphatic hydroxyl groups is 1. The Kier molecular flexibility index (Phi) is 4.63. The van der Waals surface area contributed by atoms with E-state index in [2.05, 4.69) is 10.2 Å². The van der Waals surface area contributed by atoms with Gasteiger partial charge in [0.05, 0.1) is 13.2 Å². The van der Waals surface area contributed by atoms with Crippen LogP contribution in [0.5, 0.6) is 10.9 Å². The molecule has 5 nitrogen and oxygen atoms in total. The molecule has 0 amide bonds. The van der Waals surface area contributed by atoms with Gasteiger partial charge in [0, 0.05) is 7.11 Å². The van der Waals surface area contributed by atoms with Gasteiger partial charge in [0.2, 0.25) is 0 Å². The summed E-state index contributed by atoms with van der Waals surface area (Å²) in [6.07, 6.45) is 0.879. The van der Waals surface area contributed by atoms with Crippen LogP contribution in [0.15, 0.2) is 24.3 Å². The second-order valence-corrected chi connectivity index (χ2v) is 4.63. The van der Waals surface area contributed by atoms with Gasteiger partial charge in [-0.2, -0.15) is 0 Å². The quantitative estimate of drug-likeness (QED) is 0.866. The van der Waals surface area contributed by atoms with Crippen molar-refractivity contribution in [3.8, 4) is 10.9 Å². The molecule has 2 rings (SSSR count). The van der Waals surface area contributed by atoms with Crippen LogP contribution >= 0.6 is 11.3 Å². The van der Waals surface area contributed by atoms with Crippen molar-refractivity contribution in [2.45, 2.75) is 13.0 Å². The van der Waals surface area contributed by atoms with Crippen LogP contribution in [0.4, 0.5) is 0 Å². The van der Waals surface area contributed by atoms with Crippen molar-refractivity contribution in [3.63, 3.8) is 0 Å². The molecule has 0 fully saturated rings. The molecule has 0 saturated carbocycles. The molecule has 0 saturated heterocycles. The number of hydrogen-bond donors (Lipinski definition) is 1. The summed E-state index contributed by atoms with van der Waals surface area (Å²) in [6, 6.07) is 7.74. The van der Waals surface area contributed by atoms with Gasteiger partial charge in [0.1, 0.15) is 10.8 Å². The Hall–Kier alpha value is -1.50. The van der Waals surface area contributed by atoms with Crippen LogP contribution in [0.25, 0.3) is 0 Å². The predicted molar refractivity (Wildman–Crippen MR) is 67.9 cm³/mol. The average molecular weight is 266 g/mol. The van der Waals surface area contributed by atoms with E-state index in [-0.39, 0.29) is 6.61 Å². The minimum absolute atomic E-state index is 0.114. The predicted octanol–water partition coefficient (Wildman–Crippen LogP) is 2.01. The summed E-state index contributed by atoms with van der Waals surface area (Å²) in [4.78, 5) is 0. The highest BCUT2D eigenvalue weighted by Gasteiger charge is 2.05. The fourth-order valence-corrected chi connectivity index (χ4v) is 1.96. The van der Waals surface area contributed by atoms with Gasteiger partial charge in [-0.15, -0.1) is 5.10 Å². The van der Waals surface area contributed by atoms with Gasteiger partial charge in [-0.25, -0.2) is 0 Å². The van der Waals surface area contributed by atoms with Crippen LogP contribution in [0.3, 0.4) is 0 Å². The summed E-state index contributed by atoms with van der Waals surface area (Å²) >= 11 is 1.23. The zero-order valence-corrected chi connectivity index (χ0v) is 10.8. The fraction of sp³-hybridized carbons (Fsp3) is 0.333. The standard InChI is InChI=1S/C12H14N2O3S/c1-16-7-6-9-2-4-10(5-3-9)17-12-14-13-11(8-15)18-12/h2-5,15H,6-8H2,1H3. The Morgan fingerprint density at radius 3 is 2.61 bits per heavy atom. The first-order valence-corrected chi connectivity index (χ1v) is 6.32. The first kappa shape index (κ1) is 12.9. The molecule has 0 radical (unpaired) electrons. The second kappa shape index (κ2) is 6.44. The summed E-state index contributed by atoms with van der Waals surface area (Å²) in [6.45, 7) is 0.591. The van der Waals surface area contributed by atoms with Crippen molar-refractivity contribution < 1.29 is 14.6 Å². The van der Waals surface area contributed by atoms with Gasteiger partial charge in [-0.05, 0) is 24.1 Å². The molecule has 1 aromatic heterocycles. The molecule has 0 bridgehead atoms. The first-order valence-electron chi connectivity index (χ1n) is 5.51. The van der Waals surface area contributed by atoms with Crippen molar-refractivity contribution in [2.24, 2.45) is 0 Å². The minimum Gasteiger partial charge on any atom is -0.430 e. The fourth-order valence-electron chi connectivity index (χ4n) is 1.39. The molecule has 6 heteroatoms. The molecule has 0 aliphatic heterocycles. The zero-order chi connectivity index (χ0) is 12.8. The van der Waals surface area contributed by atoms with Crippen LogP contribution in [0, 0.1) is 0 Å². The van der Waals surface area contributed by atoms with Crippen molar-refractivity contribution >= 4 is 11.3 Å². The van der Waals surface area contributed by atoms with E-state index in [9.17, 15) is 0 Å². The lowest BCUT2D eigenvalue weighted by molar-refractivity contribution is 0.202. The van der Waals surface area contributed by atoms with Crippen LogP contribution in [0.1, 0.15) is 10.6 Å². The summed E-state index contributed by atoms with van der Waals surface area (Å²) in [5, 5.41) is 17.4. The second-order valence-electron chi connectivity index (χ2n) is 3.61. The van der Waals surface area contributed by atoms with Crippen LogP contribution in [-0.4, -0.2) is 29.0 Å². The highest BCUT2D eigenvalue weighted by Crippen LogP contribution is 2.25. The summed E-state index contributed by atoms with van der Waals surface area (Å²) < 4.78 is 10.5. The molecule has 1 heterocycles. The molecule has 0 spiro atoms. The third-order valence-electron chi connectivity index (χ3n) is 2.31. The van der Waals surface area contributed by atoms with E-state index in [1.165, 1.54) is 16.9 Å². The van der Waals surface area contributed by atoms with Gasteiger partial charge in [0.25, 0.3) is 5.19 Å². The van der Waals surface area contributed by atoms with Crippen molar-refractivity contribution in [1.29, 1.82) is 0 Å². The molecular formula is C12H14N2O3S. The molecular weight excluding hydrogens is 252 g/mol. The molecule has 18 heavy (non-hydrogen) atoms. The minimum atomic E-state index is -0.114. The number of hydrogen-bond acceptors (Lipinski definition) is 6. The molecule has 0 aliphatic rings. The molecule has 0 atom stereocenters. The van der Waals surface area contributed by atoms with E-state index in [4.69, 9.17) is 14.6 Å². The topological polar surface area (TPSA) is 64.5 Å². The molecule has 96 valence electrons. The average Bonchev–Trinajstić information content (AvgIpc) is 2.86. The van der Waals surface area contributed by atoms with E-state index in [0.717, 1.165) is 6.42 Å². The highest BCUT2D eigenvalue weighted by atomic mass is 32.1. The molecule has 0 unspecified atom stereocenters. The lowest BCUT2D eigenvalue weighted by Gasteiger charge is -2.03. The number of nitrogens with zero attached hydrogens (tertiary/aromatic N) is 2. The Labute approximate surface area is 109 Å². The highest BCUT2D eigenvalue weighted by molar-refractivity contribution is 7.13. The monoisotopic (exact) mass is 266 g/mol. The SMILES string of the molecule is COCCc1ccc(Oc2nnc(CO)s2)cc1. The number of aliphatic hydroxyl groups excluding tert-OH is 1.